The summed E-state index contributed by atoms with van der Waals surface area (Å²) in [5.74, 6) is -1.49. The van der Waals surface area contributed by atoms with Gasteiger partial charge in [0, 0.05) is 23.1 Å². The summed E-state index contributed by atoms with van der Waals surface area (Å²) in [6, 6.07) is 17.3. The largest absolute Gasteiger partial charge is 0.443 e. The number of carbonyl (C=O) groups excluding carboxylic acids is 3. The number of hydrogen-bond donors (Lipinski definition) is 2. The zero-order valence-corrected chi connectivity index (χ0v) is 16.4. The van der Waals surface area contributed by atoms with Gasteiger partial charge in [0.1, 0.15) is 5.01 Å². The van der Waals surface area contributed by atoms with Gasteiger partial charge in [0.05, 0.1) is 0 Å². The minimum atomic E-state index is -1.28. The molecule has 3 rings (SSSR count). The fraction of sp³-hybridized carbons (Fsp3) is 0.143. The average Bonchev–Trinajstić information content (AvgIpc) is 3.23. The summed E-state index contributed by atoms with van der Waals surface area (Å²) in [6.07, 6.45) is -1.28. The summed E-state index contributed by atoms with van der Waals surface area (Å²) in [4.78, 5) is 41.2. The molecule has 0 radical (unpaired) electrons. The van der Waals surface area contributed by atoms with E-state index in [1.807, 2.05) is 30.3 Å². The summed E-state index contributed by atoms with van der Waals surface area (Å²) >= 11 is 1.30. The number of urea groups is 1. The number of ether oxygens (including phenoxy) is 1. The van der Waals surface area contributed by atoms with E-state index in [0.29, 0.717) is 17.1 Å². The van der Waals surface area contributed by atoms with Gasteiger partial charge in [-0.2, -0.15) is 0 Å². The van der Waals surface area contributed by atoms with Crippen LogP contribution in [-0.2, 0) is 9.53 Å². The smallest absolute Gasteiger partial charge is 0.358 e. The Hall–Kier alpha value is -3.52. The molecule has 1 atom stereocenters. The first-order valence-corrected chi connectivity index (χ1v) is 9.82. The van der Waals surface area contributed by atoms with Gasteiger partial charge >= 0.3 is 12.0 Å². The normalized spacial score (nSPS) is 11.3. The summed E-state index contributed by atoms with van der Waals surface area (Å²) in [5, 5.41) is 6.90. The lowest BCUT2D eigenvalue weighted by molar-refractivity contribution is -0.129. The van der Waals surface area contributed by atoms with Gasteiger partial charge in [-0.3, -0.25) is 10.1 Å². The van der Waals surface area contributed by atoms with Crippen molar-refractivity contribution >= 4 is 29.2 Å². The lowest BCUT2D eigenvalue weighted by Gasteiger charge is -2.17. The van der Waals surface area contributed by atoms with Crippen molar-refractivity contribution < 1.29 is 19.1 Å². The highest BCUT2D eigenvalue weighted by Crippen LogP contribution is 2.25. The molecule has 0 aliphatic carbocycles. The van der Waals surface area contributed by atoms with Crippen molar-refractivity contribution in [2.45, 2.75) is 13.0 Å². The molecule has 3 amide bonds. The zero-order chi connectivity index (χ0) is 20.6. The highest BCUT2D eigenvalue weighted by atomic mass is 32.1. The van der Waals surface area contributed by atoms with Crippen molar-refractivity contribution in [3.8, 4) is 10.6 Å². The topological polar surface area (TPSA) is 97.4 Å². The maximum Gasteiger partial charge on any atom is 0.358 e. The number of thiazole rings is 1. The van der Waals surface area contributed by atoms with E-state index in [4.69, 9.17) is 4.74 Å². The number of amides is 3. The Bertz CT molecular complexity index is 989. The number of nitrogens with zero attached hydrogens (tertiary/aromatic N) is 1. The number of hydrogen-bond acceptors (Lipinski definition) is 6. The van der Waals surface area contributed by atoms with Crippen LogP contribution in [0, 0.1) is 0 Å². The first-order chi connectivity index (χ1) is 14.1. The quantitative estimate of drug-likeness (QED) is 0.607. The number of nitrogens with one attached hydrogen (secondary N) is 2. The van der Waals surface area contributed by atoms with Gasteiger partial charge < -0.3 is 10.1 Å². The van der Waals surface area contributed by atoms with Gasteiger partial charge in [0.15, 0.2) is 5.69 Å². The summed E-state index contributed by atoms with van der Waals surface area (Å²) in [7, 11) is 0. The molecule has 0 aliphatic rings. The minimum absolute atomic E-state index is 0.0978. The van der Waals surface area contributed by atoms with Crippen LogP contribution in [0.4, 0.5) is 4.79 Å². The van der Waals surface area contributed by atoms with Crippen LogP contribution in [0.1, 0.15) is 29.1 Å². The van der Waals surface area contributed by atoms with E-state index in [1.54, 1.807) is 42.6 Å². The van der Waals surface area contributed by atoms with E-state index >= 15 is 0 Å². The molecule has 8 heteroatoms. The van der Waals surface area contributed by atoms with Gasteiger partial charge in [0.25, 0.3) is 5.91 Å². The number of imide groups is 1. The molecule has 0 aliphatic heterocycles. The molecule has 7 nitrogen and oxygen atoms in total. The monoisotopic (exact) mass is 409 g/mol. The molecule has 0 spiro atoms. The molecule has 148 valence electrons. The molecular formula is C21H19N3O4S. The molecule has 29 heavy (non-hydrogen) atoms. The molecule has 0 saturated carbocycles. The Balaban J connectivity index is 1.79. The second kappa shape index (κ2) is 9.61. The Morgan fingerprint density at radius 3 is 2.34 bits per heavy atom. The van der Waals surface area contributed by atoms with Crippen molar-refractivity contribution in [3.63, 3.8) is 0 Å². The van der Waals surface area contributed by atoms with E-state index in [0.717, 1.165) is 5.56 Å². The van der Waals surface area contributed by atoms with E-state index in [-0.39, 0.29) is 5.69 Å². The second-order valence-corrected chi connectivity index (χ2v) is 6.81. The van der Waals surface area contributed by atoms with E-state index < -0.39 is 24.0 Å². The second-order valence-electron chi connectivity index (χ2n) is 5.95. The maximum absolute atomic E-state index is 12.6. The van der Waals surface area contributed by atoms with Crippen LogP contribution >= 0.6 is 11.3 Å². The van der Waals surface area contributed by atoms with Gasteiger partial charge in [-0.15, -0.1) is 11.3 Å². The third-order valence-corrected chi connectivity index (χ3v) is 4.76. The van der Waals surface area contributed by atoms with E-state index in [9.17, 15) is 14.4 Å². The molecule has 2 N–H and O–H groups in total. The standard InChI is InChI=1S/C21H19N3O4S/c1-2-22-21(27)24-18(25)17(14-9-5-3-6-10-14)28-20(26)16-13-29-19(23-16)15-11-7-4-8-12-15/h3-13,17H,2H2,1H3,(H2,22,24,25,27). The third-order valence-electron chi connectivity index (χ3n) is 3.87. The Morgan fingerprint density at radius 2 is 1.69 bits per heavy atom. The van der Waals surface area contributed by atoms with Crippen LogP contribution in [0.5, 0.6) is 0 Å². The van der Waals surface area contributed by atoms with Gasteiger partial charge in [-0.25, -0.2) is 14.6 Å². The van der Waals surface area contributed by atoms with Crippen molar-refractivity contribution in [2.24, 2.45) is 0 Å². The third kappa shape index (κ3) is 5.26. The Kier molecular flexibility index (Phi) is 6.70. The molecule has 1 unspecified atom stereocenters. The van der Waals surface area contributed by atoms with E-state index in [1.165, 1.54) is 11.3 Å². The lowest BCUT2D eigenvalue weighted by atomic mass is 10.1. The number of carbonyl (C=O) groups is 3. The van der Waals surface area contributed by atoms with Crippen LogP contribution in [0.3, 0.4) is 0 Å². The van der Waals surface area contributed by atoms with Crippen LogP contribution in [0.15, 0.2) is 66.0 Å². The van der Waals surface area contributed by atoms with Crippen molar-refractivity contribution in [3.05, 3.63) is 77.3 Å². The van der Waals surface area contributed by atoms with Crippen LogP contribution in [-0.4, -0.2) is 29.4 Å². The van der Waals surface area contributed by atoms with Gasteiger partial charge in [-0.1, -0.05) is 60.7 Å². The highest BCUT2D eigenvalue weighted by Gasteiger charge is 2.28. The average molecular weight is 409 g/mol. The van der Waals surface area contributed by atoms with Crippen LogP contribution in [0.2, 0.25) is 0 Å². The fourth-order valence-corrected chi connectivity index (χ4v) is 3.33. The number of benzene rings is 2. The van der Waals surface area contributed by atoms with Crippen molar-refractivity contribution in [1.82, 2.24) is 15.6 Å². The van der Waals surface area contributed by atoms with Gasteiger partial charge in [0.2, 0.25) is 6.10 Å². The predicted octanol–water partition coefficient (Wildman–Crippen LogP) is 3.55. The number of aromatic nitrogens is 1. The van der Waals surface area contributed by atoms with E-state index in [2.05, 4.69) is 15.6 Å². The SMILES string of the molecule is CCNC(=O)NC(=O)C(OC(=O)c1csc(-c2ccccc2)n1)c1ccccc1. The Labute approximate surface area is 171 Å². The molecule has 0 bridgehead atoms. The minimum Gasteiger partial charge on any atom is -0.443 e. The zero-order valence-electron chi connectivity index (χ0n) is 15.6. The number of rotatable bonds is 6. The molecule has 1 aromatic heterocycles. The summed E-state index contributed by atoms with van der Waals surface area (Å²) in [5.41, 5.74) is 1.42. The molecular weight excluding hydrogens is 390 g/mol. The molecule has 0 saturated heterocycles. The van der Waals surface area contributed by atoms with Crippen LogP contribution < -0.4 is 10.6 Å². The summed E-state index contributed by atoms with van der Waals surface area (Å²) in [6.45, 7) is 2.08. The Morgan fingerprint density at radius 1 is 1.03 bits per heavy atom. The molecule has 3 aromatic rings. The first kappa shape index (κ1) is 20.2. The number of esters is 1. The highest BCUT2D eigenvalue weighted by molar-refractivity contribution is 7.13. The van der Waals surface area contributed by atoms with Crippen LogP contribution in [0.25, 0.3) is 10.6 Å². The van der Waals surface area contributed by atoms with Gasteiger partial charge in [-0.05, 0) is 6.92 Å². The molecule has 0 fully saturated rings. The maximum atomic E-state index is 12.6. The van der Waals surface area contributed by atoms with Crippen molar-refractivity contribution in [1.29, 1.82) is 0 Å². The molecule has 2 aromatic carbocycles. The molecule has 1 heterocycles. The summed E-state index contributed by atoms with van der Waals surface area (Å²) < 4.78 is 5.43. The fourth-order valence-electron chi connectivity index (χ4n) is 2.53. The first-order valence-electron chi connectivity index (χ1n) is 8.94. The van der Waals surface area contributed by atoms with Crippen molar-refractivity contribution in [2.75, 3.05) is 6.54 Å². The lowest BCUT2D eigenvalue weighted by Crippen LogP contribution is -2.42. The predicted molar refractivity (Wildman–Crippen MR) is 109 cm³/mol.